The number of likely N-dealkylation sites (tertiary alicyclic amines) is 1. The van der Waals surface area contributed by atoms with Crippen molar-refractivity contribution in [2.45, 2.75) is 44.8 Å². The molecule has 0 radical (unpaired) electrons. The smallest absolute Gasteiger partial charge is 0.251 e. The lowest BCUT2D eigenvalue weighted by atomic mass is 10.1. The lowest BCUT2D eigenvalue weighted by Crippen LogP contribution is -2.22. The third-order valence-corrected chi connectivity index (χ3v) is 4.86. The number of fused-ring (bicyclic) bond motifs is 1. The fourth-order valence-corrected chi connectivity index (χ4v) is 3.62. The Labute approximate surface area is 135 Å². The molecule has 1 fully saturated rings. The van der Waals surface area contributed by atoms with E-state index in [2.05, 4.69) is 20.7 Å². The number of nitrogens with zero attached hydrogens (tertiary/aromatic N) is 5. The topological polar surface area (TPSA) is 82.0 Å². The largest absolute Gasteiger partial charge is 0.366 e. The molecule has 0 aromatic carbocycles. The zero-order chi connectivity index (χ0) is 15.8. The van der Waals surface area contributed by atoms with Crippen LogP contribution in [-0.2, 0) is 19.5 Å². The van der Waals surface area contributed by atoms with Gasteiger partial charge in [-0.05, 0) is 31.7 Å². The monoisotopic (exact) mass is 314 g/mol. The predicted octanol–water partition coefficient (Wildman–Crippen LogP) is 0.962. The van der Waals surface area contributed by atoms with Gasteiger partial charge in [0.1, 0.15) is 0 Å². The highest BCUT2D eigenvalue weighted by atomic mass is 16.1. The second-order valence-corrected chi connectivity index (χ2v) is 6.56. The van der Waals surface area contributed by atoms with Crippen LogP contribution in [0.1, 0.15) is 47.1 Å². The summed E-state index contributed by atoms with van der Waals surface area (Å²) in [7, 11) is 0. The maximum atomic E-state index is 11.2. The molecular formula is C16H22N6O. The maximum Gasteiger partial charge on any atom is 0.251 e. The molecule has 0 bridgehead atoms. The standard InChI is InChI=1S/C16H22N6O/c17-16(23)12-8-18-22(9-12)15-4-6-20(11-15)10-13-7-14-3-1-2-5-21(14)19-13/h7-9,15H,1-6,10-11H2,(H2,17,23). The molecular weight excluding hydrogens is 292 g/mol. The van der Waals surface area contributed by atoms with Gasteiger partial charge in [-0.15, -0.1) is 0 Å². The van der Waals surface area contributed by atoms with Crippen molar-refractivity contribution in [1.29, 1.82) is 0 Å². The Morgan fingerprint density at radius 3 is 3.04 bits per heavy atom. The molecule has 0 saturated carbocycles. The number of nitrogens with two attached hydrogens (primary N) is 1. The van der Waals surface area contributed by atoms with Crippen molar-refractivity contribution in [2.75, 3.05) is 13.1 Å². The van der Waals surface area contributed by atoms with Crippen LogP contribution in [0.25, 0.3) is 0 Å². The molecule has 1 saturated heterocycles. The van der Waals surface area contributed by atoms with Gasteiger partial charge in [0.25, 0.3) is 5.91 Å². The van der Waals surface area contributed by atoms with E-state index < -0.39 is 5.91 Å². The number of carbonyl (C=O) groups excluding carboxylic acids is 1. The fraction of sp³-hybridized carbons (Fsp3) is 0.562. The zero-order valence-electron chi connectivity index (χ0n) is 13.2. The molecule has 2 N–H and O–H groups in total. The van der Waals surface area contributed by atoms with Crippen molar-refractivity contribution >= 4 is 5.91 Å². The van der Waals surface area contributed by atoms with Crippen molar-refractivity contribution < 1.29 is 4.79 Å². The minimum Gasteiger partial charge on any atom is -0.366 e. The molecule has 1 atom stereocenters. The molecule has 4 rings (SSSR count). The molecule has 7 nitrogen and oxygen atoms in total. The minimum absolute atomic E-state index is 0.306. The fourth-order valence-electron chi connectivity index (χ4n) is 3.62. The van der Waals surface area contributed by atoms with Gasteiger partial charge in [0, 0.05) is 38.1 Å². The zero-order valence-corrected chi connectivity index (χ0v) is 13.2. The molecule has 0 aliphatic carbocycles. The van der Waals surface area contributed by atoms with Crippen molar-refractivity contribution in [3.63, 3.8) is 0 Å². The number of hydrogen-bond donors (Lipinski definition) is 1. The first-order valence-corrected chi connectivity index (χ1v) is 8.31. The van der Waals surface area contributed by atoms with Crippen molar-refractivity contribution in [2.24, 2.45) is 5.73 Å². The molecule has 4 heterocycles. The van der Waals surface area contributed by atoms with E-state index in [0.29, 0.717) is 11.6 Å². The Bertz CT molecular complexity index is 694. The Balaban J connectivity index is 1.40. The molecule has 23 heavy (non-hydrogen) atoms. The molecule has 1 unspecified atom stereocenters. The predicted molar refractivity (Wildman–Crippen MR) is 84.8 cm³/mol. The summed E-state index contributed by atoms with van der Waals surface area (Å²) in [6, 6.07) is 2.56. The number of amides is 1. The summed E-state index contributed by atoms with van der Waals surface area (Å²) in [5.74, 6) is -0.422. The molecule has 2 aliphatic rings. The van der Waals surface area contributed by atoms with Crippen LogP contribution in [0, 0.1) is 0 Å². The van der Waals surface area contributed by atoms with Crippen molar-refractivity contribution in [1.82, 2.24) is 24.5 Å². The molecule has 2 aromatic rings. The van der Waals surface area contributed by atoms with Crippen LogP contribution < -0.4 is 5.73 Å². The maximum absolute atomic E-state index is 11.2. The van der Waals surface area contributed by atoms with Gasteiger partial charge in [0.05, 0.1) is 23.5 Å². The van der Waals surface area contributed by atoms with Crippen molar-refractivity contribution in [3.8, 4) is 0 Å². The van der Waals surface area contributed by atoms with Gasteiger partial charge in [-0.3, -0.25) is 19.1 Å². The van der Waals surface area contributed by atoms with Gasteiger partial charge in [0.15, 0.2) is 0 Å². The van der Waals surface area contributed by atoms with E-state index in [-0.39, 0.29) is 0 Å². The number of aryl methyl sites for hydroxylation is 2. The third kappa shape index (κ3) is 2.88. The highest BCUT2D eigenvalue weighted by molar-refractivity contribution is 5.92. The normalized spacial score (nSPS) is 21.5. The van der Waals surface area contributed by atoms with E-state index in [9.17, 15) is 4.79 Å². The van der Waals surface area contributed by atoms with E-state index in [0.717, 1.165) is 39.0 Å². The van der Waals surface area contributed by atoms with E-state index >= 15 is 0 Å². The van der Waals surface area contributed by atoms with Gasteiger partial charge in [0.2, 0.25) is 0 Å². The number of carbonyl (C=O) groups is 1. The van der Waals surface area contributed by atoms with Gasteiger partial charge >= 0.3 is 0 Å². The van der Waals surface area contributed by atoms with Gasteiger partial charge < -0.3 is 5.73 Å². The van der Waals surface area contributed by atoms with Crippen molar-refractivity contribution in [3.05, 3.63) is 35.4 Å². The Hall–Kier alpha value is -2.15. The van der Waals surface area contributed by atoms with Gasteiger partial charge in [-0.2, -0.15) is 10.2 Å². The first-order valence-electron chi connectivity index (χ1n) is 8.31. The molecule has 122 valence electrons. The summed E-state index contributed by atoms with van der Waals surface area (Å²) >= 11 is 0. The first kappa shape index (κ1) is 14.4. The second kappa shape index (κ2) is 5.81. The first-order chi connectivity index (χ1) is 11.2. The van der Waals surface area contributed by atoms with Gasteiger partial charge in [-0.1, -0.05) is 0 Å². The number of aromatic nitrogens is 4. The lowest BCUT2D eigenvalue weighted by molar-refractivity contribution is 0.1000. The number of primary amides is 1. The Morgan fingerprint density at radius 1 is 1.35 bits per heavy atom. The molecule has 7 heteroatoms. The highest BCUT2D eigenvalue weighted by Gasteiger charge is 2.26. The number of hydrogen-bond acceptors (Lipinski definition) is 4. The molecule has 2 aliphatic heterocycles. The summed E-state index contributed by atoms with van der Waals surface area (Å²) < 4.78 is 4.04. The van der Waals surface area contributed by atoms with E-state index in [1.807, 2.05) is 4.68 Å². The molecule has 2 aromatic heterocycles. The van der Waals surface area contributed by atoms with E-state index in [1.165, 1.54) is 24.2 Å². The average Bonchev–Trinajstić information content (AvgIpc) is 3.25. The molecule has 1 amide bonds. The summed E-state index contributed by atoms with van der Waals surface area (Å²) in [6.45, 7) is 3.91. The van der Waals surface area contributed by atoms with Crippen LogP contribution in [0.5, 0.6) is 0 Å². The average molecular weight is 314 g/mol. The van der Waals surface area contributed by atoms with Crippen LogP contribution in [0.2, 0.25) is 0 Å². The summed E-state index contributed by atoms with van der Waals surface area (Å²) in [6.07, 6.45) is 8.01. The van der Waals surface area contributed by atoms with Crippen LogP contribution >= 0.6 is 0 Å². The summed E-state index contributed by atoms with van der Waals surface area (Å²) in [5, 5.41) is 9.01. The van der Waals surface area contributed by atoms with E-state index in [4.69, 9.17) is 10.8 Å². The third-order valence-electron chi connectivity index (χ3n) is 4.86. The van der Waals surface area contributed by atoms with Crippen LogP contribution in [0.3, 0.4) is 0 Å². The quantitative estimate of drug-likeness (QED) is 0.911. The second-order valence-electron chi connectivity index (χ2n) is 6.56. The van der Waals surface area contributed by atoms with Gasteiger partial charge in [-0.25, -0.2) is 0 Å². The molecule has 0 spiro atoms. The SMILES string of the molecule is NC(=O)c1cnn(C2CCN(Cc3cc4n(n3)CCCC4)C2)c1. The Kier molecular flexibility index (Phi) is 3.65. The summed E-state index contributed by atoms with van der Waals surface area (Å²) in [4.78, 5) is 13.6. The van der Waals surface area contributed by atoms with Crippen LogP contribution in [-0.4, -0.2) is 43.5 Å². The van der Waals surface area contributed by atoms with Crippen LogP contribution in [0.15, 0.2) is 18.5 Å². The Morgan fingerprint density at radius 2 is 2.26 bits per heavy atom. The summed E-state index contributed by atoms with van der Waals surface area (Å²) in [5.41, 5.74) is 8.31. The highest BCUT2D eigenvalue weighted by Crippen LogP contribution is 2.23. The minimum atomic E-state index is -0.422. The van der Waals surface area contributed by atoms with E-state index in [1.54, 1.807) is 12.4 Å². The van der Waals surface area contributed by atoms with Crippen LogP contribution in [0.4, 0.5) is 0 Å². The lowest BCUT2D eigenvalue weighted by Gasteiger charge is -2.14. The number of rotatable bonds is 4.